The van der Waals surface area contributed by atoms with E-state index in [1.165, 1.54) is 25.7 Å². The zero-order valence-corrected chi connectivity index (χ0v) is 11.9. The van der Waals surface area contributed by atoms with Crippen LogP contribution < -0.4 is 0 Å². The maximum atomic E-state index is 5.59. The quantitative estimate of drug-likeness (QED) is 0.564. The average Bonchev–Trinajstić information content (AvgIpc) is 2.41. The summed E-state index contributed by atoms with van der Waals surface area (Å²) >= 11 is 0. The Bertz CT molecular complexity index is 159. The van der Waals surface area contributed by atoms with Crippen LogP contribution >= 0.6 is 0 Å². The van der Waals surface area contributed by atoms with Gasteiger partial charge >= 0.3 is 0 Å². The highest BCUT2D eigenvalue weighted by molar-refractivity contribution is 4.72. The van der Waals surface area contributed by atoms with Gasteiger partial charge in [0.1, 0.15) is 0 Å². The van der Waals surface area contributed by atoms with Crippen LogP contribution in [0.15, 0.2) is 0 Å². The van der Waals surface area contributed by atoms with Crippen molar-refractivity contribution < 1.29 is 18.9 Å². The molecule has 1 rings (SSSR count). The lowest BCUT2D eigenvalue weighted by atomic mass is 9.83. The van der Waals surface area contributed by atoms with Crippen LogP contribution in [0, 0.1) is 11.8 Å². The normalized spacial score (nSPS) is 24.3. The molecule has 0 aromatic carbocycles. The van der Waals surface area contributed by atoms with Crippen molar-refractivity contribution in [2.75, 3.05) is 53.9 Å². The molecule has 108 valence electrons. The van der Waals surface area contributed by atoms with E-state index in [9.17, 15) is 0 Å². The van der Waals surface area contributed by atoms with Gasteiger partial charge in [0.05, 0.1) is 26.4 Å². The summed E-state index contributed by atoms with van der Waals surface area (Å²) in [5.41, 5.74) is 0. The fraction of sp³-hybridized carbons (Fsp3) is 1.00. The van der Waals surface area contributed by atoms with Gasteiger partial charge < -0.3 is 18.9 Å². The largest absolute Gasteiger partial charge is 0.382 e. The van der Waals surface area contributed by atoms with Crippen molar-refractivity contribution in [2.45, 2.75) is 25.7 Å². The van der Waals surface area contributed by atoms with Crippen LogP contribution in [0.3, 0.4) is 0 Å². The van der Waals surface area contributed by atoms with E-state index in [1.54, 1.807) is 14.2 Å². The molecule has 4 nitrogen and oxygen atoms in total. The maximum Gasteiger partial charge on any atom is 0.0700 e. The van der Waals surface area contributed by atoms with E-state index in [4.69, 9.17) is 18.9 Å². The third-order valence-corrected chi connectivity index (χ3v) is 3.54. The minimum atomic E-state index is 0.697. The summed E-state index contributed by atoms with van der Waals surface area (Å²) < 4.78 is 21.1. The molecule has 0 N–H and O–H groups in total. The van der Waals surface area contributed by atoms with Crippen LogP contribution in [-0.2, 0) is 18.9 Å². The number of ether oxygens (including phenoxy) is 4. The van der Waals surface area contributed by atoms with Crippen molar-refractivity contribution in [3.63, 3.8) is 0 Å². The molecule has 0 atom stereocenters. The third kappa shape index (κ3) is 7.31. The van der Waals surface area contributed by atoms with Gasteiger partial charge in [-0.1, -0.05) is 0 Å². The SMILES string of the molecule is COCCOCC1CCC(COCCOC)CC1. The molecule has 0 unspecified atom stereocenters. The summed E-state index contributed by atoms with van der Waals surface area (Å²) in [5, 5.41) is 0. The van der Waals surface area contributed by atoms with Gasteiger partial charge in [0.25, 0.3) is 0 Å². The second-order valence-corrected chi connectivity index (χ2v) is 5.02. The van der Waals surface area contributed by atoms with E-state index in [2.05, 4.69) is 0 Å². The predicted molar refractivity (Wildman–Crippen MR) is 70.8 cm³/mol. The Morgan fingerprint density at radius 1 is 0.667 bits per heavy atom. The summed E-state index contributed by atoms with van der Waals surface area (Å²) in [6, 6.07) is 0. The topological polar surface area (TPSA) is 36.9 Å². The van der Waals surface area contributed by atoms with E-state index < -0.39 is 0 Å². The smallest absolute Gasteiger partial charge is 0.0700 e. The molecule has 0 aliphatic heterocycles. The number of hydrogen-bond acceptors (Lipinski definition) is 4. The minimum Gasteiger partial charge on any atom is -0.382 e. The van der Waals surface area contributed by atoms with E-state index in [0.717, 1.165) is 38.3 Å². The van der Waals surface area contributed by atoms with Crippen molar-refractivity contribution in [2.24, 2.45) is 11.8 Å². The molecule has 0 saturated heterocycles. The van der Waals surface area contributed by atoms with Crippen molar-refractivity contribution in [3.05, 3.63) is 0 Å². The second-order valence-electron chi connectivity index (χ2n) is 5.02. The molecule has 0 bridgehead atoms. The molecule has 1 aliphatic carbocycles. The monoisotopic (exact) mass is 260 g/mol. The van der Waals surface area contributed by atoms with E-state index >= 15 is 0 Å². The van der Waals surface area contributed by atoms with Gasteiger partial charge in [-0.3, -0.25) is 0 Å². The Morgan fingerprint density at radius 3 is 1.39 bits per heavy atom. The van der Waals surface area contributed by atoms with Gasteiger partial charge in [0.15, 0.2) is 0 Å². The molecule has 1 saturated carbocycles. The lowest BCUT2D eigenvalue weighted by molar-refractivity contribution is 0.0203. The van der Waals surface area contributed by atoms with Crippen molar-refractivity contribution >= 4 is 0 Å². The van der Waals surface area contributed by atoms with Crippen LogP contribution in [0.4, 0.5) is 0 Å². The predicted octanol–water partition coefficient (Wildman–Crippen LogP) is 2.12. The second kappa shape index (κ2) is 10.7. The third-order valence-electron chi connectivity index (χ3n) is 3.54. The lowest BCUT2D eigenvalue weighted by Gasteiger charge is -2.28. The summed E-state index contributed by atoms with van der Waals surface area (Å²) in [5.74, 6) is 1.47. The molecule has 0 radical (unpaired) electrons. The molecule has 0 amide bonds. The molecule has 0 aromatic heterocycles. The van der Waals surface area contributed by atoms with Crippen molar-refractivity contribution in [1.82, 2.24) is 0 Å². The minimum absolute atomic E-state index is 0.697. The summed E-state index contributed by atoms with van der Waals surface area (Å²) in [6.07, 6.45) is 5.08. The number of methoxy groups -OCH3 is 2. The Balaban J connectivity index is 1.95. The van der Waals surface area contributed by atoms with Crippen LogP contribution in [0.25, 0.3) is 0 Å². The summed E-state index contributed by atoms with van der Waals surface area (Å²) in [7, 11) is 3.41. The summed E-state index contributed by atoms with van der Waals surface area (Å²) in [6.45, 7) is 4.61. The van der Waals surface area contributed by atoms with Gasteiger partial charge in [-0.2, -0.15) is 0 Å². The van der Waals surface area contributed by atoms with Crippen LogP contribution in [0.1, 0.15) is 25.7 Å². The van der Waals surface area contributed by atoms with Crippen LogP contribution in [0.2, 0.25) is 0 Å². The van der Waals surface area contributed by atoms with E-state index in [-0.39, 0.29) is 0 Å². The molecular weight excluding hydrogens is 232 g/mol. The molecule has 4 heteroatoms. The van der Waals surface area contributed by atoms with Gasteiger partial charge in [0, 0.05) is 27.4 Å². The molecule has 0 spiro atoms. The molecule has 18 heavy (non-hydrogen) atoms. The average molecular weight is 260 g/mol. The first-order valence-electron chi connectivity index (χ1n) is 7.00. The van der Waals surface area contributed by atoms with E-state index in [1.807, 2.05) is 0 Å². The lowest BCUT2D eigenvalue weighted by Crippen LogP contribution is -2.22. The van der Waals surface area contributed by atoms with Crippen molar-refractivity contribution in [3.8, 4) is 0 Å². The van der Waals surface area contributed by atoms with Crippen molar-refractivity contribution in [1.29, 1.82) is 0 Å². The van der Waals surface area contributed by atoms with Crippen LogP contribution in [0.5, 0.6) is 0 Å². The molecular formula is C14H28O4. The van der Waals surface area contributed by atoms with Gasteiger partial charge in [-0.25, -0.2) is 0 Å². The molecule has 0 aromatic rings. The zero-order chi connectivity index (χ0) is 13.1. The van der Waals surface area contributed by atoms with Crippen LogP contribution in [-0.4, -0.2) is 53.9 Å². The number of hydrogen-bond donors (Lipinski definition) is 0. The first-order chi connectivity index (χ1) is 8.86. The first-order valence-corrected chi connectivity index (χ1v) is 7.00. The highest BCUT2D eigenvalue weighted by atomic mass is 16.5. The summed E-state index contributed by atoms with van der Waals surface area (Å²) in [4.78, 5) is 0. The molecule has 1 fully saturated rings. The highest BCUT2D eigenvalue weighted by Crippen LogP contribution is 2.29. The number of rotatable bonds is 10. The highest BCUT2D eigenvalue weighted by Gasteiger charge is 2.21. The zero-order valence-electron chi connectivity index (χ0n) is 11.9. The Morgan fingerprint density at radius 2 is 1.06 bits per heavy atom. The Labute approximate surface area is 111 Å². The van der Waals surface area contributed by atoms with Gasteiger partial charge in [-0.15, -0.1) is 0 Å². The first kappa shape index (κ1) is 15.9. The van der Waals surface area contributed by atoms with Gasteiger partial charge in [-0.05, 0) is 37.5 Å². The van der Waals surface area contributed by atoms with E-state index in [0.29, 0.717) is 13.2 Å². The Kier molecular flexibility index (Phi) is 9.48. The standard InChI is InChI=1S/C14H28O4/c1-15-7-9-17-11-13-3-5-14(6-4-13)12-18-10-8-16-2/h13-14H,3-12H2,1-2H3. The Hall–Kier alpha value is -0.160. The fourth-order valence-corrected chi connectivity index (χ4v) is 2.35. The molecule has 1 aliphatic rings. The molecule has 0 heterocycles. The fourth-order valence-electron chi connectivity index (χ4n) is 2.35. The van der Waals surface area contributed by atoms with Gasteiger partial charge in [0.2, 0.25) is 0 Å². The maximum absolute atomic E-state index is 5.59.